The SMILES string of the molecule is Cc1cccc2c(N)nnc(-c3ccncc3)c12. The molecule has 0 atom stereocenters. The molecule has 2 aromatic heterocycles. The molecule has 3 aromatic rings. The minimum Gasteiger partial charge on any atom is -0.382 e. The number of pyridine rings is 1. The van der Waals surface area contributed by atoms with E-state index in [1.54, 1.807) is 12.4 Å². The summed E-state index contributed by atoms with van der Waals surface area (Å²) in [6.07, 6.45) is 3.49. The standard InChI is InChI=1S/C14H12N4/c1-9-3-2-4-11-12(9)13(17-18-14(11)15)10-5-7-16-8-6-10/h2-8H,1H3,(H2,15,18). The van der Waals surface area contributed by atoms with Gasteiger partial charge >= 0.3 is 0 Å². The van der Waals surface area contributed by atoms with Crippen molar-refractivity contribution in [2.45, 2.75) is 6.92 Å². The van der Waals surface area contributed by atoms with Crippen LogP contribution in [0.3, 0.4) is 0 Å². The normalized spacial score (nSPS) is 10.7. The number of aryl methyl sites for hydroxylation is 1. The Kier molecular flexibility index (Phi) is 2.41. The number of aromatic nitrogens is 3. The van der Waals surface area contributed by atoms with Gasteiger partial charge in [-0.15, -0.1) is 10.2 Å². The number of nitrogens with two attached hydrogens (primary N) is 1. The van der Waals surface area contributed by atoms with Crippen LogP contribution in [0.15, 0.2) is 42.7 Å². The van der Waals surface area contributed by atoms with Crippen molar-refractivity contribution >= 4 is 16.6 Å². The minimum absolute atomic E-state index is 0.464. The fourth-order valence-electron chi connectivity index (χ4n) is 2.12. The van der Waals surface area contributed by atoms with Crippen molar-refractivity contribution in [3.8, 4) is 11.3 Å². The van der Waals surface area contributed by atoms with Gasteiger partial charge < -0.3 is 5.73 Å². The van der Waals surface area contributed by atoms with E-state index in [1.165, 1.54) is 0 Å². The molecular weight excluding hydrogens is 224 g/mol. The average molecular weight is 236 g/mol. The molecule has 2 N–H and O–H groups in total. The van der Waals surface area contributed by atoms with Crippen molar-refractivity contribution in [2.24, 2.45) is 0 Å². The molecule has 4 heteroatoms. The summed E-state index contributed by atoms with van der Waals surface area (Å²) in [4.78, 5) is 4.02. The fraction of sp³-hybridized carbons (Fsp3) is 0.0714. The van der Waals surface area contributed by atoms with Gasteiger partial charge in [0.05, 0.1) is 0 Å². The van der Waals surface area contributed by atoms with Gasteiger partial charge in [-0.3, -0.25) is 4.98 Å². The summed E-state index contributed by atoms with van der Waals surface area (Å²) in [5.74, 6) is 0.464. The Bertz CT molecular complexity index is 708. The number of rotatable bonds is 1. The monoisotopic (exact) mass is 236 g/mol. The van der Waals surface area contributed by atoms with Gasteiger partial charge in [0.15, 0.2) is 5.82 Å². The van der Waals surface area contributed by atoms with Crippen LogP contribution >= 0.6 is 0 Å². The van der Waals surface area contributed by atoms with Gasteiger partial charge in [-0.25, -0.2) is 0 Å². The molecule has 88 valence electrons. The van der Waals surface area contributed by atoms with E-state index in [0.29, 0.717) is 5.82 Å². The first-order valence-electron chi connectivity index (χ1n) is 5.69. The van der Waals surface area contributed by atoms with Crippen LogP contribution in [0.4, 0.5) is 5.82 Å². The van der Waals surface area contributed by atoms with Crippen molar-refractivity contribution in [1.82, 2.24) is 15.2 Å². The molecular formula is C14H12N4. The summed E-state index contributed by atoms with van der Waals surface area (Å²) >= 11 is 0. The van der Waals surface area contributed by atoms with Crippen LogP contribution in [-0.2, 0) is 0 Å². The zero-order valence-electron chi connectivity index (χ0n) is 9.96. The topological polar surface area (TPSA) is 64.7 Å². The third-order valence-corrected chi connectivity index (χ3v) is 3.00. The van der Waals surface area contributed by atoms with E-state index in [1.807, 2.05) is 37.3 Å². The van der Waals surface area contributed by atoms with Crippen molar-refractivity contribution < 1.29 is 0 Å². The van der Waals surface area contributed by atoms with Crippen LogP contribution in [0.1, 0.15) is 5.56 Å². The number of fused-ring (bicyclic) bond motifs is 1. The molecule has 0 saturated heterocycles. The van der Waals surface area contributed by atoms with E-state index in [-0.39, 0.29) is 0 Å². The first-order chi connectivity index (χ1) is 8.77. The van der Waals surface area contributed by atoms with Gasteiger partial charge in [-0.2, -0.15) is 0 Å². The third kappa shape index (κ3) is 1.59. The predicted molar refractivity (Wildman–Crippen MR) is 71.9 cm³/mol. The van der Waals surface area contributed by atoms with Crippen LogP contribution < -0.4 is 5.73 Å². The van der Waals surface area contributed by atoms with Gasteiger partial charge in [0.2, 0.25) is 0 Å². The van der Waals surface area contributed by atoms with Gasteiger partial charge in [0.1, 0.15) is 5.69 Å². The van der Waals surface area contributed by atoms with Gasteiger partial charge in [0.25, 0.3) is 0 Å². The van der Waals surface area contributed by atoms with E-state index in [0.717, 1.165) is 27.6 Å². The van der Waals surface area contributed by atoms with Gasteiger partial charge in [0, 0.05) is 28.7 Å². The Morgan fingerprint density at radius 2 is 1.78 bits per heavy atom. The summed E-state index contributed by atoms with van der Waals surface area (Å²) < 4.78 is 0. The maximum Gasteiger partial charge on any atom is 0.154 e. The molecule has 0 aliphatic carbocycles. The smallest absolute Gasteiger partial charge is 0.154 e. The quantitative estimate of drug-likeness (QED) is 0.705. The summed E-state index contributed by atoms with van der Waals surface area (Å²) in [5.41, 5.74) is 8.87. The summed E-state index contributed by atoms with van der Waals surface area (Å²) in [6.45, 7) is 2.05. The Hall–Kier alpha value is -2.49. The molecule has 0 aliphatic heterocycles. The van der Waals surface area contributed by atoms with Crippen LogP contribution in [0.2, 0.25) is 0 Å². The van der Waals surface area contributed by atoms with E-state index >= 15 is 0 Å². The van der Waals surface area contributed by atoms with Gasteiger partial charge in [-0.05, 0) is 24.6 Å². The second kappa shape index (κ2) is 4.07. The molecule has 0 unspecified atom stereocenters. The Morgan fingerprint density at radius 3 is 2.56 bits per heavy atom. The highest BCUT2D eigenvalue weighted by atomic mass is 15.1. The lowest BCUT2D eigenvalue weighted by molar-refractivity contribution is 1.06. The van der Waals surface area contributed by atoms with Crippen molar-refractivity contribution in [1.29, 1.82) is 0 Å². The number of hydrogen-bond acceptors (Lipinski definition) is 4. The largest absolute Gasteiger partial charge is 0.382 e. The summed E-state index contributed by atoms with van der Waals surface area (Å²) in [5, 5.41) is 10.3. The van der Waals surface area contributed by atoms with Crippen molar-refractivity contribution in [2.75, 3.05) is 5.73 Å². The Balaban J connectivity index is 2.41. The number of anilines is 1. The lowest BCUT2D eigenvalue weighted by atomic mass is 10.0. The van der Waals surface area contributed by atoms with E-state index in [2.05, 4.69) is 15.2 Å². The molecule has 0 radical (unpaired) electrons. The Morgan fingerprint density at radius 1 is 1.00 bits per heavy atom. The van der Waals surface area contributed by atoms with E-state index in [9.17, 15) is 0 Å². The molecule has 0 saturated carbocycles. The van der Waals surface area contributed by atoms with Crippen LogP contribution in [-0.4, -0.2) is 15.2 Å². The molecule has 1 aromatic carbocycles. The maximum atomic E-state index is 5.89. The highest BCUT2D eigenvalue weighted by Gasteiger charge is 2.10. The lowest BCUT2D eigenvalue weighted by Gasteiger charge is -2.09. The maximum absolute atomic E-state index is 5.89. The highest BCUT2D eigenvalue weighted by molar-refractivity contribution is 6.01. The molecule has 0 amide bonds. The molecule has 0 fully saturated rings. The molecule has 0 aliphatic rings. The summed E-state index contributed by atoms with van der Waals surface area (Å²) in [7, 11) is 0. The molecule has 0 spiro atoms. The molecule has 2 heterocycles. The van der Waals surface area contributed by atoms with Crippen molar-refractivity contribution in [3.63, 3.8) is 0 Å². The minimum atomic E-state index is 0.464. The van der Waals surface area contributed by atoms with Gasteiger partial charge in [-0.1, -0.05) is 18.2 Å². The number of nitrogen functional groups attached to an aromatic ring is 1. The Labute approximate surface area is 105 Å². The van der Waals surface area contributed by atoms with Crippen LogP contribution in [0.25, 0.3) is 22.0 Å². The van der Waals surface area contributed by atoms with Crippen LogP contribution in [0, 0.1) is 6.92 Å². The molecule has 0 bridgehead atoms. The molecule has 4 nitrogen and oxygen atoms in total. The van der Waals surface area contributed by atoms with Crippen LogP contribution in [0.5, 0.6) is 0 Å². The second-order valence-corrected chi connectivity index (χ2v) is 4.17. The van der Waals surface area contributed by atoms with E-state index < -0.39 is 0 Å². The number of hydrogen-bond donors (Lipinski definition) is 1. The average Bonchev–Trinajstić information content (AvgIpc) is 2.41. The highest BCUT2D eigenvalue weighted by Crippen LogP contribution is 2.30. The number of benzene rings is 1. The molecule has 18 heavy (non-hydrogen) atoms. The first kappa shape index (κ1) is 10.7. The predicted octanol–water partition coefficient (Wildman–Crippen LogP) is 2.58. The zero-order chi connectivity index (χ0) is 12.5. The fourth-order valence-corrected chi connectivity index (χ4v) is 2.12. The lowest BCUT2D eigenvalue weighted by Crippen LogP contribution is -1.98. The second-order valence-electron chi connectivity index (χ2n) is 4.17. The summed E-state index contributed by atoms with van der Waals surface area (Å²) in [6, 6.07) is 9.84. The number of nitrogens with zero attached hydrogens (tertiary/aromatic N) is 3. The molecule has 3 rings (SSSR count). The zero-order valence-corrected chi connectivity index (χ0v) is 9.96. The van der Waals surface area contributed by atoms with Crippen molar-refractivity contribution in [3.05, 3.63) is 48.3 Å². The van der Waals surface area contributed by atoms with E-state index in [4.69, 9.17) is 5.73 Å². The first-order valence-corrected chi connectivity index (χ1v) is 5.69. The third-order valence-electron chi connectivity index (χ3n) is 3.00.